The first-order valence-electron chi connectivity index (χ1n) is 9.41. The summed E-state index contributed by atoms with van der Waals surface area (Å²) in [7, 11) is 1.88. The number of imidazole rings is 1. The van der Waals surface area contributed by atoms with Gasteiger partial charge in [0, 0.05) is 49.0 Å². The molecule has 0 bridgehead atoms. The third-order valence-corrected chi connectivity index (χ3v) is 5.73. The Labute approximate surface area is 168 Å². The second-order valence-electron chi connectivity index (χ2n) is 6.79. The Bertz CT molecular complexity index is 1110. The maximum absolute atomic E-state index is 13.1. The maximum atomic E-state index is 13.1. The quantitative estimate of drug-likeness (QED) is 0.497. The number of carbonyl (C=O) groups is 1. The summed E-state index contributed by atoms with van der Waals surface area (Å²) < 4.78 is 3.66. The molecular formula is C21H23N5OS. The number of fused-ring (bicyclic) bond motifs is 1. The van der Waals surface area contributed by atoms with Gasteiger partial charge in [0.2, 0.25) is 0 Å². The number of nitrogens with zero attached hydrogens (tertiary/aromatic N) is 5. The van der Waals surface area contributed by atoms with Gasteiger partial charge in [-0.1, -0.05) is 31.2 Å². The summed E-state index contributed by atoms with van der Waals surface area (Å²) >= 11 is 1.49. The first kappa shape index (κ1) is 18.4. The lowest BCUT2D eigenvalue weighted by Crippen LogP contribution is -2.31. The molecule has 1 aromatic carbocycles. The molecule has 0 saturated carbocycles. The number of rotatable bonds is 6. The summed E-state index contributed by atoms with van der Waals surface area (Å²) in [6, 6.07) is 8.43. The van der Waals surface area contributed by atoms with Crippen molar-refractivity contribution in [1.29, 1.82) is 0 Å². The highest BCUT2D eigenvalue weighted by atomic mass is 32.1. The van der Waals surface area contributed by atoms with Crippen LogP contribution in [0.5, 0.6) is 0 Å². The summed E-state index contributed by atoms with van der Waals surface area (Å²) in [5.41, 5.74) is 4.92. The third-order valence-electron chi connectivity index (χ3n) is 4.89. The van der Waals surface area contributed by atoms with Crippen LogP contribution < -0.4 is 0 Å². The number of amides is 1. The standard InChI is InChI=1S/C21H23N5OS/c1-4-15-6-8-17(9-7-15)18-13-26-19(14-28-21(26)23-18)20(27)25(5-2)12-16-10-22-24(3)11-16/h6-11,13-14H,4-5,12H2,1-3H3. The average Bonchev–Trinajstić information content (AvgIpc) is 3.41. The van der Waals surface area contributed by atoms with E-state index in [9.17, 15) is 4.79 Å². The zero-order valence-corrected chi connectivity index (χ0v) is 17.1. The topological polar surface area (TPSA) is 55.4 Å². The van der Waals surface area contributed by atoms with Crippen LogP contribution in [0.2, 0.25) is 0 Å². The van der Waals surface area contributed by atoms with Crippen LogP contribution in [0.1, 0.15) is 35.5 Å². The minimum absolute atomic E-state index is 0.00267. The Balaban J connectivity index is 1.62. The molecule has 28 heavy (non-hydrogen) atoms. The summed E-state index contributed by atoms with van der Waals surface area (Å²) in [6.07, 6.45) is 6.71. The summed E-state index contributed by atoms with van der Waals surface area (Å²) in [6.45, 7) is 5.31. The maximum Gasteiger partial charge on any atom is 0.272 e. The lowest BCUT2D eigenvalue weighted by molar-refractivity contribution is 0.0746. The van der Waals surface area contributed by atoms with Crippen LogP contribution in [-0.4, -0.2) is 36.5 Å². The Morgan fingerprint density at radius 2 is 1.93 bits per heavy atom. The van der Waals surface area contributed by atoms with Gasteiger partial charge in [-0.05, 0) is 18.9 Å². The van der Waals surface area contributed by atoms with Gasteiger partial charge in [0.1, 0.15) is 5.69 Å². The number of hydrogen-bond acceptors (Lipinski definition) is 4. The van der Waals surface area contributed by atoms with Crippen LogP contribution in [0.15, 0.2) is 48.2 Å². The van der Waals surface area contributed by atoms with Gasteiger partial charge in [-0.3, -0.25) is 13.9 Å². The van der Waals surface area contributed by atoms with Crippen molar-refractivity contribution in [1.82, 2.24) is 24.1 Å². The molecule has 0 unspecified atom stereocenters. The fraction of sp³-hybridized carbons (Fsp3) is 0.286. The van der Waals surface area contributed by atoms with Crippen LogP contribution in [-0.2, 0) is 20.0 Å². The summed E-state index contributed by atoms with van der Waals surface area (Å²) in [4.78, 5) is 20.5. The van der Waals surface area contributed by atoms with Gasteiger partial charge in [-0.15, -0.1) is 11.3 Å². The molecule has 144 valence electrons. The molecule has 0 N–H and O–H groups in total. The summed E-state index contributed by atoms with van der Waals surface area (Å²) in [5.74, 6) is 0.00267. The predicted molar refractivity (Wildman–Crippen MR) is 112 cm³/mol. The highest BCUT2D eigenvalue weighted by Crippen LogP contribution is 2.25. The number of benzene rings is 1. The van der Waals surface area contributed by atoms with Gasteiger partial charge >= 0.3 is 0 Å². The molecule has 0 aliphatic carbocycles. The molecule has 0 radical (unpaired) electrons. The fourth-order valence-electron chi connectivity index (χ4n) is 3.25. The van der Waals surface area contributed by atoms with E-state index in [1.807, 2.05) is 41.0 Å². The number of aryl methyl sites for hydroxylation is 2. The van der Waals surface area contributed by atoms with Crippen molar-refractivity contribution in [2.24, 2.45) is 7.05 Å². The van der Waals surface area contributed by atoms with Gasteiger partial charge in [-0.25, -0.2) is 4.98 Å². The van der Waals surface area contributed by atoms with E-state index < -0.39 is 0 Å². The first-order chi connectivity index (χ1) is 13.6. The van der Waals surface area contributed by atoms with Crippen LogP contribution in [0.25, 0.3) is 16.2 Å². The van der Waals surface area contributed by atoms with E-state index in [0.29, 0.717) is 18.8 Å². The van der Waals surface area contributed by atoms with Crippen molar-refractivity contribution in [2.75, 3.05) is 6.54 Å². The summed E-state index contributed by atoms with van der Waals surface area (Å²) in [5, 5.41) is 6.08. The second-order valence-corrected chi connectivity index (χ2v) is 7.63. The molecule has 1 amide bonds. The lowest BCUT2D eigenvalue weighted by atomic mass is 10.1. The van der Waals surface area contributed by atoms with E-state index in [1.54, 1.807) is 10.9 Å². The lowest BCUT2D eigenvalue weighted by Gasteiger charge is -2.19. The highest BCUT2D eigenvalue weighted by Gasteiger charge is 2.20. The highest BCUT2D eigenvalue weighted by molar-refractivity contribution is 7.15. The van der Waals surface area contributed by atoms with Crippen molar-refractivity contribution >= 4 is 22.2 Å². The van der Waals surface area contributed by atoms with Crippen LogP contribution in [0, 0.1) is 0 Å². The molecule has 0 saturated heterocycles. The zero-order valence-electron chi connectivity index (χ0n) is 16.3. The van der Waals surface area contributed by atoms with Crippen LogP contribution in [0.3, 0.4) is 0 Å². The first-order valence-corrected chi connectivity index (χ1v) is 10.3. The molecule has 4 aromatic rings. The van der Waals surface area contributed by atoms with Gasteiger partial charge in [0.25, 0.3) is 5.91 Å². The minimum Gasteiger partial charge on any atom is -0.333 e. The second kappa shape index (κ2) is 7.59. The SMILES string of the molecule is CCc1ccc(-c2cn3c(C(=O)N(CC)Cc4cnn(C)c4)csc3n2)cc1. The van der Waals surface area contributed by atoms with Gasteiger partial charge in [0.15, 0.2) is 4.96 Å². The van der Waals surface area contributed by atoms with Crippen LogP contribution in [0.4, 0.5) is 0 Å². The molecule has 0 aliphatic heterocycles. The molecule has 0 spiro atoms. The number of aromatic nitrogens is 4. The van der Waals surface area contributed by atoms with Crippen molar-refractivity contribution in [3.8, 4) is 11.3 Å². The van der Waals surface area contributed by atoms with E-state index >= 15 is 0 Å². The molecule has 3 heterocycles. The van der Waals surface area contributed by atoms with Crippen molar-refractivity contribution in [2.45, 2.75) is 26.8 Å². The van der Waals surface area contributed by atoms with E-state index in [1.165, 1.54) is 16.9 Å². The van der Waals surface area contributed by atoms with Gasteiger partial charge in [-0.2, -0.15) is 5.10 Å². The molecule has 0 aliphatic rings. The third kappa shape index (κ3) is 3.45. The molecule has 6 nitrogen and oxygen atoms in total. The Morgan fingerprint density at radius 1 is 1.14 bits per heavy atom. The number of hydrogen-bond donors (Lipinski definition) is 0. The molecule has 7 heteroatoms. The van der Waals surface area contributed by atoms with E-state index in [4.69, 9.17) is 4.98 Å². The molecule has 4 rings (SSSR count). The normalized spacial score (nSPS) is 11.2. The van der Waals surface area contributed by atoms with Gasteiger partial charge in [0.05, 0.1) is 11.9 Å². The van der Waals surface area contributed by atoms with E-state index in [-0.39, 0.29) is 5.91 Å². The zero-order chi connectivity index (χ0) is 19.7. The monoisotopic (exact) mass is 393 g/mol. The van der Waals surface area contributed by atoms with E-state index in [2.05, 4.69) is 36.3 Å². The fourth-order valence-corrected chi connectivity index (χ4v) is 4.10. The average molecular weight is 394 g/mol. The van der Waals surface area contributed by atoms with Crippen LogP contribution >= 0.6 is 11.3 Å². The Morgan fingerprint density at radius 3 is 2.57 bits per heavy atom. The number of thiazole rings is 1. The minimum atomic E-state index is 0.00267. The largest absolute Gasteiger partial charge is 0.333 e. The molecular weight excluding hydrogens is 370 g/mol. The van der Waals surface area contributed by atoms with Crippen molar-refractivity contribution in [3.63, 3.8) is 0 Å². The van der Waals surface area contributed by atoms with Gasteiger partial charge < -0.3 is 4.90 Å². The molecule has 3 aromatic heterocycles. The number of carbonyl (C=O) groups excluding carboxylic acids is 1. The Hall–Kier alpha value is -2.93. The molecule has 0 fully saturated rings. The predicted octanol–water partition coefficient (Wildman–Crippen LogP) is 4.02. The molecule has 0 atom stereocenters. The smallest absolute Gasteiger partial charge is 0.272 e. The van der Waals surface area contributed by atoms with Crippen molar-refractivity contribution < 1.29 is 4.79 Å². The van der Waals surface area contributed by atoms with Crippen molar-refractivity contribution in [3.05, 3.63) is 65.1 Å². The Kier molecular flexibility index (Phi) is 5.00. The van der Waals surface area contributed by atoms with E-state index in [0.717, 1.165) is 28.2 Å².